The van der Waals surface area contributed by atoms with Crippen molar-refractivity contribution in [2.45, 2.75) is 17.2 Å². The van der Waals surface area contributed by atoms with E-state index in [9.17, 15) is 34.8 Å². The van der Waals surface area contributed by atoms with Gasteiger partial charge in [-0.2, -0.15) is 26.3 Å². The molecule has 0 amide bonds. The van der Waals surface area contributed by atoms with Gasteiger partial charge in [-0.15, -0.1) is 0 Å². The molecule has 0 atom stereocenters. The maximum Gasteiger partial charge on any atom is 0.416 e. The molecule has 13 heteroatoms. The van der Waals surface area contributed by atoms with Crippen molar-refractivity contribution in [1.29, 1.82) is 0 Å². The Hall–Kier alpha value is -2.18. The first-order valence-electron chi connectivity index (χ1n) is 7.98. The van der Waals surface area contributed by atoms with E-state index in [-0.39, 0.29) is 25.0 Å². The number of hydrogen-bond acceptors (Lipinski definition) is 4. The van der Waals surface area contributed by atoms with E-state index < -0.39 is 49.1 Å². The second-order valence-corrected chi connectivity index (χ2v) is 7.86. The van der Waals surface area contributed by atoms with Crippen molar-refractivity contribution in [3.63, 3.8) is 0 Å². The number of nitrogens with one attached hydrogen (secondary N) is 1. The Kier molecular flexibility index (Phi) is 7.15. The fraction of sp³-hybridized carbons (Fsp3) is 0.294. The van der Waals surface area contributed by atoms with Gasteiger partial charge < -0.3 is 9.47 Å². The van der Waals surface area contributed by atoms with Crippen LogP contribution in [0, 0.1) is 0 Å². The summed E-state index contributed by atoms with van der Waals surface area (Å²) in [5.41, 5.74) is -3.13. The molecule has 0 aliphatic rings. The van der Waals surface area contributed by atoms with Crippen molar-refractivity contribution in [3.8, 4) is 5.75 Å². The summed E-state index contributed by atoms with van der Waals surface area (Å²) in [5, 5.41) is -0.552. The van der Waals surface area contributed by atoms with Crippen molar-refractivity contribution >= 4 is 27.3 Å². The second kappa shape index (κ2) is 8.90. The van der Waals surface area contributed by atoms with Gasteiger partial charge in [0.05, 0.1) is 28.4 Å². The number of rotatable bonds is 7. The van der Waals surface area contributed by atoms with E-state index in [2.05, 4.69) is 0 Å². The highest BCUT2D eigenvalue weighted by atomic mass is 35.5. The molecular weight excluding hydrogens is 464 g/mol. The van der Waals surface area contributed by atoms with Gasteiger partial charge in [-0.05, 0) is 36.4 Å². The summed E-state index contributed by atoms with van der Waals surface area (Å²) in [4.78, 5) is -0.959. The minimum absolute atomic E-state index is 0.0483. The third kappa shape index (κ3) is 5.92. The van der Waals surface area contributed by atoms with E-state index in [0.29, 0.717) is 18.2 Å². The molecule has 0 bridgehead atoms. The summed E-state index contributed by atoms with van der Waals surface area (Å²) in [5.74, 6) is -0.285. The lowest BCUT2D eigenvalue weighted by atomic mass is 10.2. The first-order valence-corrected chi connectivity index (χ1v) is 9.84. The molecule has 0 aliphatic carbocycles. The Morgan fingerprint density at radius 1 is 0.933 bits per heavy atom. The molecule has 0 saturated heterocycles. The van der Waals surface area contributed by atoms with Crippen molar-refractivity contribution < 1.29 is 44.2 Å². The topological polar surface area (TPSA) is 64.6 Å². The molecule has 2 aromatic carbocycles. The third-order valence-electron chi connectivity index (χ3n) is 3.64. The lowest BCUT2D eigenvalue weighted by Gasteiger charge is -2.17. The van der Waals surface area contributed by atoms with Gasteiger partial charge in [0.2, 0.25) is 0 Å². The molecular formula is C17H14ClF6NO4S. The smallest absolute Gasteiger partial charge is 0.416 e. The van der Waals surface area contributed by atoms with Crippen LogP contribution in [0.15, 0.2) is 41.3 Å². The van der Waals surface area contributed by atoms with Gasteiger partial charge in [-0.3, -0.25) is 4.72 Å². The van der Waals surface area contributed by atoms with E-state index in [1.165, 1.54) is 7.11 Å². The predicted molar refractivity (Wildman–Crippen MR) is 96.1 cm³/mol. The van der Waals surface area contributed by atoms with Crippen LogP contribution in [0.4, 0.5) is 32.0 Å². The van der Waals surface area contributed by atoms with Crippen molar-refractivity contribution in [2.24, 2.45) is 0 Å². The molecule has 5 nitrogen and oxygen atoms in total. The summed E-state index contributed by atoms with van der Waals surface area (Å²) >= 11 is 5.73. The van der Waals surface area contributed by atoms with Crippen LogP contribution in [0.2, 0.25) is 5.02 Å². The lowest BCUT2D eigenvalue weighted by Crippen LogP contribution is -2.17. The van der Waals surface area contributed by atoms with Crippen molar-refractivity contribution in [2.75, 3.05) is 25.0 Å². The molecule has 0 radical (unpaired) electrons. The number of sulfonamides is 1. The van der Waals surface area contributed by atoms with Crippen LogP contribution in [0.1, 0.15) is 11.1 Å². The monoisotopic (exact) mass is 477 g/mol. The third-order valence-corrected chi connectivity index (χ3v) is 5.49. The summed E-state index contributed by atoms with van der Waals surface area (Å²) in [6.45, 7) is -0.0758. The van der Waals surface area contributed by atoms with Gasteiger partial charge in [0, 0.05) is 7.11 Å². The van der Waals surface area contributed by atoms with Crippen molar-refractivity contribution in [3.05, 3.63) is 52.5 Å². The molecule has 0 aromatic heterocycles. The lowest BCUT2D eigenvalue weighted by molar-refractivity contribution is -0.138. The second-order valence-electron chi connectivity index (χ2n) is 5.80. The first kappa shape index (κ1) is 24.1. The summed E-state index contributed by atoms with van der Waals surface area (Å²) < 4.78 is 115. The molecule has 0 aliphatic heterocycles. The Bertz CT molecular complexity index is 1010. The number of benzene rings is 2. The van der Waals surface area contributed by atoms with Crippen LogP contribution in [-0.4, -0.2) is 28.7 Å². The molecule has 2 aromatic rings. The van der Waals surface area contributed by atoms with Crippen LogP contribution >= 0.6 is 11.6 Å². The number of halogens is 7. The van der Waals surface area contributed by atoms with Gasteiger partial charge in [-0.25, -0.2) is 8.42 Å². The molecule has 0 spiro atoms. The van der Waals surface area contributed by atoms with Gasteiger partial charge in [0.15, 0.2) is 0 Å². The summed E-state index contributed by atoms with van der Waals surface area (Å²) in [7, 11) is -3.46. The summed E-state index contributed by atoms with van der Waals surface area (Å²) in [6.07, 6.45) is -9.67. The van der Waals surface area contributed by atoms with Crippen molar-refractivity contribution in [1.82, 2.24) is 0 Å². The fourth-order valence-corrected chi connectivity index (χ4v) is 3.82. The van der Waals surface area contributed by atoms with Crippen LogP contribution in [-0.2, 0) is 27.1 Å². The number of ether oxygens (including phenoxy) is 2. The quantitative estimate of drug-likeness (QED) is 0.439. The molecule has 166 valence electrons. The molecule has 2 rings (SSSR count). The van der Waals surface area contributed by atoms with Crippen LogP contribution in [0.5, 0.6) is 5.75 Å². The maximum atomic E-state index is 13.0. The molecule has 0 unspecified atom stereocenters. The number of methoxy groups -OCH3 is 1. The first-order chi connectivity index (χ1) is 13.8. The molecule has 30 heavy (non-hydrogen) atoms. The average molecular weight is 478 g/mol. The molecule has 0 fully saturated rings. The zero-order valence-corrected chi connectivity index (χ0v) is 16.6. The predicted octanol–water partition coefficient (Wildman–Crippen LogP) is 5.20. The molecule has 1 N–H and O–H groups in total. The standard InChI is InChI=1S/C17H14ClF6NO4S/c1-28-6-7-29-14-5-3-10(16(19,20)21)8-13(14)25-30(26,27)15-9-11(17(22,23)24)2-4-12(15)18/h2-5,8-9,25H,6-7H2,1H3. The van der Waals surface area contributed by atoms with Crippen LogP contribution < -0.4 is 9.46 Å². The minimum Gasteiger partial charge on any atom is -0.489 e. The molecule has 0 heterocycles. The largest absolute Gasteiger partial charge is 0.489 e. The highest BCUT2D eigenvalue weighted by Gasteiger charge is 2.34. The SMILES string of the molecule is COCCOc1ccc(C(F)(F)F)cc1NS(=O)(=O)c1cc(C(F)(F)F)ccc1Cl. The van der Waals surface area contributed by atoms with E-state index in [4.69, 9.17) is 21.1 Å². The Morgan fingerprint density at radius 2 is 1.50 bits per heavy atom. The Morgan fingerprint density at radius 3 is 2.07 bits per heavy atom. The number of anilines is 1. The van der Waals surface area contributed by atoms with Gasteiger partial charge in [0.1, 0.15) is 17.3 Å². The minimum atomic E-state index is -4.86. The van der Waals surface area contributed by atoms with Crippen LogP contribution in [0.25, 0.3) is 0 Å². The van der Waals surface area contributed by atoms with Gasteiger partial charge >= 0.3 is 12.4 Å². The maximum absolute atomic E-state index is 13.0. The Labute approximate surface area is 172 Å². The zero-order chi connectivity index (χ0) is 22.7. The number of alkyl halides is 6. The van der Waals surface area contributed by atoms with Crippen LogP contribution in [0.3, 0.4) is 0 Å². The normalized spacial score (nSPS) is 12.7. The Balaban J connectivity index is 2.51. The van der Waals surface area contributed by atoms with Gasteiger partial charge in [-0.1, -0.05) is 11.6 Å². The van der Waals surface area contributed by atoms with E-state index in [0.717, 1.165) is 12.1 Å². The number of hydrogen-bond donors (Lipinski definition) is 1. The van der Waals surface area contributed by atoms with E-state index in [1.807, 2.05) is 4.72 Å². The highest BCUT2D eigenvalue weighted by molar-refractivity contribution is 7.92. The zero-order valence-electron chi connectivity index (χ0n) is 15.1. The average Bonchev–Trinajstić information content (AvgIpc) is 2.61. The fourth-order valence-electron chi connectivity index (χ4n) is 2.23. The molecule has 0 saturated carbocycles. The van der Waals surface area contributed by atoms with E-state index in [1.54, 1.807) is 0 Å². The van der Waals surface area contributed by atoms with E-state index >= 15 is 0 Å². The summed E-state index contributed by atoms with van der Waals surface area (Å²) in [6, 6.07) is 3.58. The highest BCUT2D eigenvalue weighted by Crippen LogP contribution is 2.38. The van der Waals surface area contributed by atoms with Gasteiger partial charge in [0.25, 0.3) is 10.0 Å².